The lowest BCUT2D eigenvalue weighted by Gasteiger charge is -2.16. The first-order valence-corrected chi connectivity index (χ1v) is 12.3. The van der Waals surface area contributed by atoms with Gasteiger partial charge in [-0.1, -0.05) is 48.1 Å². The molecule has 1 amide bonds. The number of aromatic nitrogens is 2. The molecule has 0 aliphatic rings. The summed E-state index contributed by atoms with van der Waals surface area (Å²) in [6.07, 6.45) is 0.868. The molecular formula is C25H27ClN4O4S. The number of rotatable bonds is 11. The van der Waals surface area contributed by atoms with Crippen LogP contribution in [-0.4, -0.2) is 36.4 Å². The maximum atomic E-state index is 12.6. The van der Waals surface area contributed by atoms with Crippen molar-refractivity contribution in [3.05, 3.63) is 57.1 Å². The van der Waals surface area contributed by atoms with Crippen molar-refractivity contribution in [3.8, 4) is 23.3 Å². The zero-order valence-electron chi connectivity index (χ0n) is 20.1. The quantitative estimate of drug-likeness (QED) is 0.352. The van der Waals surface area contributed by atoms with Gasteiger partial charge in [-0.3, -0.25) is 10.1 Å². The molecule has 3 aromatic rings. The van der Waals surface area contributed by atoms with Crippen LogP contribution in [0.1, 0.15) is 28.6 Å². The molecule has 0 spiro atoms. The highest BCUT2D eigenvalue weighted by Gasteiger charge is 2.22. The summed E-state index contributed by atoms with van der Waals surface area (Å²) in [5, 5.41) is 21.6. The molecule has 0 saturated heterocycles. The van der Waals surface area contributed by atoms with Crippen LogP contribution in [0.15, 0.2) is 30.3 Å². The molecule has 8 nitrogen and oxygen atoms in total. The molecule has 1 unspecified atom stereocenters. The number of hydrogen-bond acceptors (Lipinski definition) is 8. The van der Waals surface area contributed by atoms with E-state index in [1.165, 1.54) is 18.4 Å². The van der Waals surface area contributed by atoms with E-state index in [9.17, 15) is 10.1 Å². The van der Waals surface area contributed by atoms with Crippen molar-refractivity contribution in [3.63, 3.8) is 0 Å². The van der Waals surface area contributed by atoms with E-state index in [-0.39, 0.29) is 13.0 Å². The minimum Gasteiger partial charge on any atom is -0.493 e. The number of carbonyl (C=O) groups is 1. The molecule has 35 heavy (non-hydrogen) atoms. The van der Waals surface area contributed by atoms with E-state index in [1.807, 2.05) is 45.0 Å². The Hall–Kier alpha value is -3.35. The third-order valence-corrected chi connectivity index (χ3v) is 6.45. The van der Waals surface area contributed by atoms with Gasteiger partial charge >= 0.3 is 0 Å². The smallest absolute Gasteiger partial charge is 0.243 e. The van der Waals surface area contributed by atoms with E-state index in [1.54, 1.807) is 12.1 Å². The summed E-state index contributed by atoms with van der Waals surface area (Å²) in [6.45, 7) is 6.52. The van der Waals surface area contributed by atoms with E-state index in [0.717, 1.165) is 28.3 Å². The van der Waals surface area contributed by atoms with Crippen molar-refractivity contribution in [1.82, 2.24) is 10.2 Å². The van der Waals surface area contributed by atoms with Gasteiger partial charge in [-0.05, 0) is 55.5 Å². The van der Waals surface area contributed by atoms with Crippen molar-refractivity contribution in [2.75, 3.05) is 25.6 Å². The van der Waals surface area contributed by atoms with Crippen molar-refractivity contribution < 1.29 is 19.0 Å². The lowest BCUT2D eigenvalue weighted by molar-refractivity contribution is -0.118. The van der Waals surface area contributed by atoms with Crippen LogP contribution < -0.4 is 19.5 Å². The van der Waals surface area contributed by atoms with Gasteiger partial charge in [0.1, 0.15) is 29.9 Å². The van der Waals surface area contributed by atoms with Crippen molar-refractivity contribution in [1.29, 1.82) is 5.26 Å². The monoisotopic (exact) mass is 514 g/mol. The molecule has 3 rings (SSSR count). The summed E-state index contributed by atoms with van der Waals surface area (Å²) >= 11 is 7.75. The number of nitrogens with zero attached hydrogens (tertiary/aromatic N) is 3. The summed E-state index contributed by atoms with van der Waals surface area (Å²) in [6, 6.07) is 11.4. The Balaban J connectivity index is 1.63. The summed E-state index contributed by atoms with van der Waals surface area (Å²) in [7, 11) is 1.50. The molecule has 1 N–H and O–H groups in total. The fraction of sp³-hybridized carbons (Fsp3) is 0.360. The molecule has 1 aromatic heterocycles. The fourth-order valence-corrected chi connectivity index (χ4v) is 4.39. The Morgan fingerprint density at radius 1 is 1.17 bits per heavy atom. The first-order chi connectivity index (χ1) is 16.9. The van der Waals surface area contributed by atoms with Gasteiger partial charge in [0.15, 0.2) is 11.5 Å². The van der Waals surface area contributed by atoms with Crippen LogP contribution in [0.2, 0.25) is 5.02 Å². The topological polar surface area (TPSA) is 106 Å². The number of para-hydroxylation sites is 1. The van der Waals surface area contributed by atoms with Crippen LogP contribution in [0.25, 0.3) is 0 Å². The standard InChI is InChI=1S/C25H27ClN4O4S/c1-5-21-29-30-25(35-21)28-24(31)18(14-27)11-17-12-19(26)23(20(13-17)32-4)34-10-9-33-22-15(2)7-6-8-16(22)3/h6-8,12-13,18H,5,9-11H2,1-4H3,(H,28,30,31). The largest absolute Gasteiger partial charge is 0.493 e. The Kier molecular flexibility index (Phi) is 9.29. The molecule has 0 saturated carbocycles. The highest BCUT2D eigenvalue weighted by atomic mass is 35.5. The molecule has 1 atom stereocenters. The van der Waals surface area contributed by atoms with Gasteiger partial charge in [0.2, 0.25) is 11.0 Å². The number of hydrogen-bond donors (Lipinski definition) is 1. The molecule has 0 fully saturated rings. The number of nitrogens with one attached hydrogen (secondary N) is 1. The van der Waals surface area contributed by atoms with Gasteiger partial charge < -0.3 is 14.2 Å². The highest BCUT2D eigenvalue weighted by Crippen LogP contribution is 2.37. The second-order valence-electron chi connectivity index (χ2n) is 7.76. The normalized spacial score (nSPS) is 11.4. The lowest BCUT2D eigenvalue weighted by Crippen LogP contribution is -2.23. The van der Waals surface area contributed by atoms with Crippen LogP contribution in [-0.2, 0) is 17.6 Å². The van der Waals surface area contributed by atoms with Crippen LogP contribution in [0.3, 0.4) is 0 Å². The average Bonchev–Trinajstić information content (AvgIpc) is 3.29. The number of aryl methyl sites for hydroxylation is 3. The Morgan fingerprint density at radius 2 is 1.86 bits per heavy atom. The fourth-order valence-electron chi connectivity index (χ4n) is 3.42. The predicted octanol–water partition coefficient (Wildman–Crippen LogP) is 5.16. The third-order valence-electron chi connectivity index (χ3n) is 5.19. The SMILES string of the molecule is CCc1nnc(NC(=O)C(C#N)Cc2cc(Cl)c(OCCOc3c(C)cccc3C)c(OC)c2)s1. The van der Waals surface area contributed by atoms with Gasteiger partial charge in [-0.2, -0.15) is 5.26 Å². The van der Waals surface area contributed by atoms with Gasteiger partial charge in [0, 0.05) is 0 Å². The van der Waals surface area contributed by atoms with E-state index in [4.69, 9.17) is 25.8 Å². The molecule has 10 heteroatoms. The molecule has 1 heterocycles. The predicted molar refractivity (Wildman–Crippen MR) is 136 cm³/mol. The maximum absolute atomic E-state index is 12.6. The maximum Gasteiger partial charge on any atom is 0.243 e. The summed E-state index contributed by atoms with van der Waals surface area (Å²) < 4.78 is 17.2. The average molecular weight is 515 g/mol. The van der Waals surface area contributed by atoms with Crippen LogP contribution in [0, 0.1) is 31.1 Å². The number of carbonyl (C=O) groups excluding carboxylic acids is 1. The van der Waals surface area contributed by atoms with Gasteiger partial charge in [-0.15, -0.1) is 10.2 Å². The zero-order chi connectivity index (χ0) is 25.4. The van der Waals surface area contributed by atoms with Gasteiger partial charge in [0.05, 0.1) is 18.2 Å². The molecule has 2 aromatic carbocycles. The second-order valence-corrected chi connectivity index (χ2v) is 9.23. The van der Waals surface area contributed by atoms with Crippen molar-refractivity contribution in [2.24, 2.45) is 5.92 Å². The van der Waals surface area contributed by atoms with Crippen LogP contribution in [0.5, 0.6) is 17.2 Å². The van der Waals surface area contributed by atoms with E-state index >= 15 is 0 Å². The molecular weight excluding hydrogens is 488 g/mol. The number of benzene rings is 2. The second kappa shape index (κ2) is 12.4. The minimum atomic E-state index is -0.942. The molecule has 0 bridgehead atoms. The minimum absolute atomic E-state index is 0.147. The Labute approximate surface area is 213 Å². The van der Waals surface area contributed by atoms with E-state index in [2.05, 4.69) is 15.5 Å². The number of ether oxygens (including phenoxy) is 3. The highest BCUT2D eigenvalue weighted by molar-refractivity contribution is 7.15. The van der Waals surface area contributed by atoms with E-state index < -0.39 is 11.8 Å². The van der Waals surface area contributed by atoms with Gasteiger partial charge in [-0.25, -0.2) is 0 Å². The molecule has 0 radical (unpaired) electrons. The number of halogens is 1. The summed E-state index contributed by atoms with van der Waals surface area (Å²) in [4.78, 5) is 12.6. The third kappa shape index (κ3) is 6.84. The number of nitriles is 1. The van der Waals surface area contributed by atoms with E-state index in [0.29, 0.717) is 33.8 Å². The first kappa shape index (κ1) is 26.3. The number of amides is 1. The van der Waals surface area contributed by atoms with Crippen molar-refractivity contribution >= 4 is 34.0 Å². The molecule has 0 aliphatic carbocycles. The first-order valence-electron chi connectivity index (χ1n) is 11.1. The van der Waals surface area contributed by atoms with Crippen molar-refractivity contribution in [2.45, 2.75) is 33.6 Å². The zero-order valence-corrected chi connectivity index (χ0v) is 21.6. The van der Waals surface area contributed by atoms with Gasteiger partial charge in [0.25, 0.3) is 0 Å². The molecule has 184 valence electrons. The number of anilines is 1. The summed E-state index contributed by atoms with van der Waals surface area (Å²) in [5.74, 6) is 0.229. The lowest BCUT2D eigenvalue weighted by atomic mass is 9.99. The molecule has 0 aliphatic heterocycles. The van der Waals surface area contributed by atoms with Crippen LogP contribution in [0.4, 0.5) is 5.13 Å². The Bertz CT molecular complexity index is 1200. The number of methoxy groups -OCH3 is 1. The van der Waals surface area contributed by atoms with Crippen LogP contribution >= 0.6 is 22.9 Å². The summed E-state index contributed by atoms with van der Waals surface area (Å²) in [5.41, 5.74) is 2.77. The Morgan fingerprint density at radius 3 is 2.46 bits per heavy atom.